The predicted octanol–water partition coefficient (Wildman–Crippen LogP) is 2.14. The van der Waals surface area contributed by atoms with Gasteiger partial charge in [-0.2, -0.15) is 5.26 Å². The van der Waals surface area contributed by atoms with Crippen LogP contribution in [-0.4, -0.2) is 30.0 Å². The van der Waals surface area contributed by atoms with E-state index in [1.807, 2.05) is 29.2 Å². The Morgan fingerprint density at radius 2 is 2.20 bits per heavy atom. The number of para-hydroxylation sites is 1. The smallest absolute Gasteiger partial charge is 0.229 e. The minimum Gasteiger partial charge on any atom is -0.492 e. The summed E-state index contributed by atoms with van der Waals surface area (Å²) in [5, 5.41) is 8.73. The van der Waals surface area contributed by atoms with Crippen LogP contribution in [0.1, 0.15) is 24.8 Å². The highest BCUT2D eigenvalue weighted by Gasteiger charge is 2.37. The van der Waals surface area contributed by atoms with E-state index >= 15 is 0 Å². The topological polar surface area (TPSA) is 53.3 Å². The van der Waals surface area contributed by atoms with Crippen molar-refractivity contribution >= 4 is 5.91 Å². The van der Waals surface area contributed by atoms with Crippen molar-refractivity contribution in [3.63, 3.8) is 0 Å². The third kappa shape index (κ3) is 2.62. The van der Waals surface area contributed by atoms with Crippen LogP contribution in [-0.2, 0) is 11.2 Å². The molecule has 1 aliphatic carbocycles. The van der Waals surface area contributed by atoms with Crippen molar-refractivity contribution in [2.75, 3.05) is 13.2 Å². The molecule has 1 aromatic rings. The van der Waals surface area contributed by atoms with Gasteiger partial charge in [0.05, 0.1) is 18.4 Å². The highest BCUT2D eigenvalue weighted by Crippen LogP contribution is 2.32. The fourth-order valence-corrected chi connectivity index (χ4v) is 2.75. The normalized spacial score (nSPS) is 20.4. The number of hydrogen-bond donors (Lipinski definition) is 0. The molecule has 1 aliphatic heterocycles. The van der Waals surface area contributed by atoms with E-state index in [0.29, 0.717) is 25.6 Å². The van der Waals surface area contributed by atoms with E-state index in [9.17, 15) is 4.79 Å². The van der Waals surface area contributed by atoms with E-state index in [0.717, 1.165) is 30.6 Å². The van der Waals surface area contributed by atoms with Gasteiger partial charge in [-0.1, -0.05) is 18.2 Å². The number of rotatable bonds is 4. The van der Waals surface area contributed by atoms with Crippen LogP contribution in [0.2, 0.25) is 0 Å². The number of nitrogens with zero attached hydrogens (tertiary/aromatic N) is 2. The van der Waals surface area contributed by atoms with Gasteiger partial charge in [0.2, 0.25) is 5.91 Å². The predicted molar refractivity (Wildman–Crippen MR) is 74.1 cm³/mol. The van der Waals surface area contributed by atoms with E-state index < -0.39 is 0 Å². The van der Waals surface area contributed by atoms with Crippen molar-refractivity contribution in [3.05, 3.63) is 29.8 Å². The van der Waals surface area contributed by atoms with Gasteiger partial charge in [-0.05, 0) is 30.9 Å². The van der Waals surface area contributed by atoms with Crippen molar-refractivity contribution in [2.24, 2.45) is 5.92 Å². The largest absolute Gasteiger partial charge is 0.492 e. The van der Waals surface area contributed by atoms with Gasteiger partial charge >= 0.3 is 0 Å². The molecule has 1 amide bonds. The molecule has 3 rings (SSSR count). The lowest BCUT2D eigenvalue weighted by Crippen LogP contribution is -2.42. The molecule has 1 heterocycles. The second-order valence-electron chi connectivity index (χ2n) is 5.49. The first-order valence-corrected chi connectivity index (χ1v) is 7.17. The molecule has 1 saturated carbocycles. The maximum absolute atomic E-state index is 12.6. The highest BCUT2D eigenvalue weighted by atomic mass is 16.5. The second kappa shape index (κ2) is 5.54. The number of benzene rings is 1. The standard InChI is InChI=1S/C16H18N2O2/c17-8-3-9-18(14-6-7-14)16(19)13-10-12-4-1-2-5-15(12)20-11-13/h1-2,4-5,13-14H,3,6-7,9-11H2. The summed E-state index contributed by atoms with van der Waals surface area (Å²) in [4.78, 5) is 14.5. The zero-order valence-electron chi connectivity index (χ0n) is 11.4. The van der Waals surface area contributed by atoms with Crippen LogP contribution in [0.5, 0.6) is 5.75 Å². The Balaban J connectivity index is 1.70. The Bertz CT molecular complexity index is 546. The maximum atomic E-state index is 12.6. The Morgan fingerprint density at radius 3 is 2.95 bits per heavy atom. The molecule has 0 N–H and O–H groups in total. The summed E-state index contributed by atoms with van der Waals surface area (Å²) in [5.74, 6) is 0.938. The Labute approximate surface area is 118 Å². The summed E-state index contributed by atoms with van der Waals surface area (Å²) in [6.45, 7) is 1.00. The number of nitriles is 1. The van der Waals surface area contributed by atoms with Gasteiger partial charge in [0, 0.05) is 12.6 Å². The molecular formula is C16H18N2O2. The number of ether oxygens (including phenoxy) is 1. The molecule has 2 aliphatic rings. The third-order valence-corrected chi connectivity index (χ3v) is 3.96. The van der Waals surface area contributed by atoms with Gasteiger partial charge in [0.15, 0.2) is 0 Å². The molecule has 104 valence electrons. The molecule has 20 heavy (non-hydrogen) atoms. The highest BCUT2D eigenvalue weighted by molar-refractivity contribution is 5.80. The van der Waals surface area contributed by atoms with Gasteiger partial charge in [-0.25, -0.2) is 0 Å². The lowest BCUT2D eigenvalue weighted by Gasteiger charge is -2.30. The lowest BCUT2D eigenvalue weighted by molar-refractivity contribution is -0.137. The Morgan fingerprint density at radius 1 is 1.40 bits per heavy atom. The van der Waals surface area contributed by atoms with E-state index in [1.54, 1.807) is 0 Å². The fraction of sp³-hybridized carbons (Fsp3) is 0.500. The summed E-state index contributed by atoms with van der Waals surface area (Å²) in [6.07, 6.45) is 3.29. The first-order chi connectivity index (χ1) is 9.79. The molecule has 0 spiro atoms. The second-order valence-corrected chi connectivity index (χ2v) is 5.49. The Hall–Kier alpha value is -2.02. The molecule has 4 heteroatoms. The molecule has 0 bridgehead atoms. The first kappa shape index (κ1) is 13.0. The van der Waals surface area contributed by atoms with Crippen molar-refractivity contribution in [2.45, 2.75) is 31.7 Å². The van der Waals surface area contributed by atoms with Gasteiger partial charge in [-0.15, -0.1) is 0 Å². The number of hydrogen-bond acceptors (Lipinski definition) is 3. The molecule has 1 fully saturated rings. The van der Waals surface area contributed by atoms with Crippen molar-refractivity contribution in [1.29, 1.82) is 5.26 Å². The monoisotopic (exact) mass is 270 g/mol. The van der Waals surface area contributed by atoms with E-state index in [-0.39, 0.29) is 11.8 Å². The number of amides is 1. The lowest BCUT2D eigenvalue weighted by atomic mass is 9.95. The molecular weight excluding hydrogens is 252 g/mol. The fourth-order valence-electron chi connectivity index (χ4n) is 2.75. The molecule has 1 aromatic carbocycles. The van der Waals surface area contributed by atoms with E-state index in [4.69, 9.17) is 10.00 Å². The summed E-state index contributed by atoms with van der Waals surface area (Å²) in [5.41, 5.74) is 1.10. The van der Waals surface area contributed by atoms with E-state index in [1.165, 1.54) is 0 Å². The quantitative estimate of drug-likeness (QED) is 0.842. The van der Waals surface area contributed by atoms with Gasteiger partial charge in [0.1, 0.15) is 12.4 Å². The molecule has 1 atom stereocenters. The van der Waals surface area contributed by atoms with E-state index in [2.05, 4.69) is 6.07 Å². The summed E-state index contributed by atoms with van der Waals surface area (Å²) < 4.78 is 5.70. The molecule has 0 saturated heterocycles. The van der Waals surface area contributed by atoms with Crippen LogP contribution < -0.4 is 4.74 Å². The maximum Gasteiger partial charge on any atom is 0.229 e. The number of carbonyl (C=O) groups excluding carboxylic acids is 1. The molecule has 4 nitrogen and oxygen atoms in total. The number of fused-ring (bicyclic) bond motifs is 1. The van der Waals surface area contributed by atoms with Crippen LogP contribution in [0, 0.1) is 17.2 Å². The van der Waals surface area contributed by atoms with Crippen LogP contribution in [0.3, 0.4) is 0 Å². The number of carbonyl (C=O) groups is 1. The van der Waals surface area contributed by atoms with Crippen LogP contribution in [0.4, 0.5) is 0 Å². The van der Waals surface area contributed by atoms with Crippen LogP contribution in [0.15, 0.2) is 24.3 Å². The minimum atomic E-state index is -0.107. The van der Waals surface area contributed by atoms with Gasteiger partial charge in [-0.3, -0.25) is 4.79 Å². The SMILES string of the molecule is N#CCCN(C(=O)C1COc2ccccc2C1)C1CC1. The molecule has 1 unspecified atom stereocenters. The summed E-state index contributed by atoms with van der Waals surface area (Å²) >= 11 is 0. The zero-order chi connectivity index (χ0) is 13.9. The van der Waals surface area contributed by atoms with Crippen LogP contribution in [0.25, 0.3) is 0 Å². The van der Waals surface area contributed by atoms with Crippen LogP contribution >= 0.6 is 0 Å². The average molecular weight is 270 g/mol. The Kier molecular flexibility index (Phi) is 3.60. The van der Waals surface area contributed by atoms with Crippen molar-refractivity contribution in [1.82, 2.24) is 4.90 Å². The zero-order valence-corrected chi connectivity index (χ0v) is 11.4. The summed E-state index contributed by atoms with van der Waals surface area (Å²) in [6, 6.07) is 10.4. The molecule has 0 aromatic heterocycles. The minimum absolute atomic E-state index is 0.107. The van der Waals surface area contributed by atoms with Crippen molar-refractivity contribution in [3.8, 4) is 11.8 Å². The summed E-state index contributed by atoms with van der Waals surface area (Å²) in [7, 11) is 0. The van der Waals surface area contributed by atoms with Crippen molar-refractivity contribution < 1.29 is 9.53 Å². The first-order valence-electron chi connectivity index (χ1n) is 7.17. The molecule has 0 radical (unpaired) electrons. The third-order valence-electron chi connectivity index (χ3n) is 3.96. The van der Waals surface area contributed by atoms with Gasteiger partial charge in [0.25, 0.3) is 0 Å². The van der Waals surface area contributed by atoms with Gasteiger partial charge < -0.3 is 9.64 Å². The average Bonchev–Trinajstić information content (AvgIpc) is 3.32.